The van der Waals surface area contributed by atoms with Crippen molar-refractivity contribution < 1.29 is 24.2 Å². The summed E-state index contributed by atoms with van der Waals surface area (Å²) in [5, 5.41) is 13.5. The average molecular weight is 402 g/mol. The molecule has 0 aliphatic rings. The van der Waals surface area contributed by atoms with Crippen molar-refractivity contribution in [2.45, 2.75) is 18.4 Å². The van der Waals surface area contributed by atoms with Crippen molar-refractivity contribution in [3.05, 3.63) is 71.8 Å². The van der Waals surface area contributed by atoms with Crippen LogP contribution in [0.3, 0.4) is 0 Å². The SMILES string of the molecule is O=C(O)CNC(=O)[C@H](CSCc1ccccc1)NC(=O)OCc1ccccc1. The number of aliphatic carboxylic acids is 1. The Hall–Kier alpha value is -3.00. The van der Waals surface area contributed by atoms with Crippen molar-refractivity contribution in [3.63, 3.8) is 0 Å². The molecule has 0 heterocycles. The van der Waals surface area contributed by atoms with Gasteiger partial charge >= 0.3 is 12.1 Å². The van der Waals surface area contributed by atoms with Gasteiger partial charge in [0, 0.05) is 11.5 Å². The van der Waals surface area contributed by atoms with Crippen LogP contribution in [0.25, 0.3) is 0 Å². The summed E-state index contributed by atoms with van der Waals surface area (Å²) in [6.07, 6.45) is -0.736. The van der Waals surface area contributed by atoms with Crippen molar-refractivity contribution in [1.82, 2.24) is 10.6 Å². The lowest BCUT2D eigenvalue weighted by Gasteiger charge is -2.17. The maximum atomic E-state index is 12.2. The summed E-state index contributed by atoms with van der Waals surface area (Å²) in [7, 11) is 0. The van der Waals surface area contributed by atoms with E-state index < -0.39 is 30.6 Å². The molecule has 2 aromatic carbocycles. The highest BCUT2D eigenvalue weighted by atomic mass is 32.2. The van der Waals surface area contributed by atoms with Gasteiger partial charge in [-0.3, -0.25) is 9.59 Å². The van der Waals surface area contributed by atoms with E-state index in [1.165, 1.54) is 11.8 Å². The molecule has 0 bridgehead atoms. The molecule has 28 heavy (non-hydrogen) atoms. The minimum atomic E-state index is -1.16. The number of rotatable bonds is 10. The number of ether oxygens (including phenoxy) is 1. The van der Waals surface area contributed by atoms with E-state index in [1.54, 1.807) is 0 Å². The third-order valence-corrected chi connectivity index (χ3v) is 4.74. The Morgan fingerprint density at radius 3 is 2.18 bits per heavy atom. The van der Waals surface area contributed by atoms with Crippen molar-refractivity contribution in [2.24, 2.45) is 0 Å². The number of hydrogen-bond acceptors (Lipinski definition) is 5. The van der Waals surface area contributed by atoms with Gasteiger partial charge in [-0.2, -0.15) is 11.8 Å². The van der Waals surface area contributed by atoms with Crippen molar-refractivity contribution in [2.75, 3.05) is 12.3 Å². The highest BCUT2D eigenvalue weighted by molar-refractivity contribution is 7.98. The normalized spacial score (nSPS) is 11.3. The number of carbonyl (C=O) groups is 3. The first-order chi connectivity index (χ1) is 13.5. The molecule has 8 heteroatoms. The molecule has 0 aliphatic heterocycles. The molecule has 0 radical (unpaired) electrons. The van der Waals surface area contributed by atoms with Gasteiger partial charge in [-0.1, -0.05) is 60.7 Å². The van der Waals surface area contributed by atoms with E-state index in [2.05, 4.69) is 10.6 Å². The standard InChI is InChI=1S/C20H22N2O5S/c23-18(24)11-21-19(25)17(14-28-13-16-9-5-2-6-10-16)22-20(26)27-12-15-7-3-1-4-8-15/h1-10,17H,11-14H2,(H,21,25)(H,22,26)(H,23,24)/t17-/m0/s1. The number of carboxylic acids is 1. The van der Waals surface area contributed by atoms with E-state index in [-0.39, 0.29) is 12.4 Å². The number of alkyl carbamates (subject to hydrolysis) is 1. The minimum absolute atomic E-state index is 0.0767. The van der Waals surface area contributed by atoms with Gasteiger partial charge in [-0.15, -0.1) is 0 Å². The fourth-order valence-electron chi connectivity index (χ4n) is 2.24. The molecule has 0 aromatic heterocycles. The molecule has 0 unspecified atom stereocenters. The van der Waals surface area contributed by atoms with Gasteiger partial charge in [0.1, 0.15) is 19.2 Å². The zero-order valence-corrected chi connectivity index (χ0v) is 16.0. The summed E-state index contributed by atoms with van der Waals surface area (Å²) in [5.41, 5.74) is 1.91. The second kappa shape index (κ2) is 11.7. The number of benzene rings is 2. The first-order valence-electron chi connectivity index (χ1n) is 8.63. The zero-order valence-electron chi connectivity index (χ0n) is 15.2. The molecule has 0 saturated heterocycles. The van der Waals surface area contributed by atoms with Gasteiger partial charge in [0.25, 0.3) is 0 Å². The van der Waals surface area contributed by atoms with Gasteiger partial charge in [0.2, 0.25) is 5.91 Å². The van der Waals surface area contributed by atoms with Crippen LogP contribution in [0.1, 0.15) is 11.1 Å². The lowest BCUT2D eigenvalue weighted by Crippen LogP contribution is -2.49. The van der Waals surface area contributed by atoms with E-state index >= 15 is 0 Å². The maximum Gasteiger partial charge on any atom is 0.408 e. The molecular formula is C20H22N2O5S. The lowest BCUT2D eigenvalue weighted by molar-refractivity contribution is -0.138. The quantitative estimate of drug-likeness (QED) is 0.564. The van der Waals surface area contributed by atoms with Crippen LogP contribution in [0.4, 0.5) is 4.79 Å². The van der Waals surface area contributed by atoms with E-state index in [0.717, 1.165) is 11.1 Å². The zero-order chi connectivity index (χ0) is 20.2. The van der Waals surface area contributed by atoms with Crippen LogP contribution in [0.5, 0.6) is 0 Å². The van der Waals surface area contributed by atoms with Crippen molar-refractivity contribution >= 4 is 29.7 Å². The van der Waals surface area contributed by atoms with Gasteiger partial charge < -0.3 is 20.5 Å². The van der Waals surface area contributed by atoms with E-state index in [1.807, 2.05) is 60.7 Å². The Kier molecular flexibility index (Phi) is 8.87. The Morgan fingerprint density at radius 2 is 1.57 bits per heavy atom. The molecule has 0 aliphatic carbocycles. The molecule has 2 rings (SSSR count). The van der Waals surface area contributed by atoms with Crippen LogP contribution in [0.2, 0.25) is 0 Å². The summed E-state index contributed by atoms with van der Waals surface area (Å²) < 4.78 is 5.14. The molecule has 0 saturated carbocycles. The van der Waals surface area contributed by atoms with Gasteiger partial charge in [-0.25, -0.2) is 4.79 Å². The van der Waals surface area contributed by atoms with E-state index in [9.17, 15) is 14.4 Å². The number of thioether (sulfide) groups is 1. The Bertz CT molecular complexity index is 771. The average Bonchev–Trinajstić information content (AvgIpc) is 2.71. The van der Waals surface area contributed by atoms with Crippen molar-refractivity contribution in [3.8, 4) is 0 Å². The molecule has 0 fully saturated rings. The summed E-state index contributed by atoms with van der Waals surface area (Å²) in [6, 6.07) is 18.0. The predicted molar refractivity (Wildman–Crippen MR) is 107 cm³/mol. The number of nitrogens with one attached hydrogen (secondary N) is 2. The third kappa shape index (κ3) is 8.13. The molecule has 7 nitrogen and oxygen atoms in total. The highest BCUT2D eigenvalue weighted by Crippen LogP contribution is 2.13. The van der Waals surface area contributed by atoms with E-state index in [4.69, 9.17) is 9.84 Å². The molecule has 2 aromatic rings. The van der Waals surface area contributed by atoms with Gasteiger partial charge in [-0.05, 0) is 11.1 Å². The maximum absolute atomic E-state index is 12.2. The van der Waals surface area contributed by atoms with Crippen LogP contribution in [0, 0.1) is 0 Å². The molecule has 2 amide bonds. The molecule has 148 valence electrons. The Balaban J connectivity index is 1.87. The van der Waals surface area contributed by atoms with E-state index in [0.29, 0.717) is 5.75 Å². The highest BCUT2D eigenvalue weighted by Gasteiger charge is 2.22. The summed E-state index contributed by atoms with van der Waals surface area (Å²) in [6.45, 7) is -0.438. The molecular weight excluding hydrogens is 380 g/mol. The van der Waals surface area contributed by atoms with Crippen LogP contribution < -0.4 is 10.6 Å². The van der Waals surface area contributed by atoms with Crippen LogP contribution in [0.15, 0.2) is 60.7 Å². The third-order valence-electron chi connectivity index (χ3n) is 3.63. The second-order valence-electron chi connectivity index (χ2n) is 5.87. The summed E-state index contributed by atoms with van der Waals surface area (Å²) in [5.74, 6) is -0.791. The Labute approximate surface area is 167 Å². The first kappa shape index (κ1) is 21.3. The fourth-order valence-corrected chi connectivity index (χ4v) is 3.26. The summed E-state index contributed by atoms with van der Waals surface area (Å²) >= 11 is 1.45. The molecule has 0 spiro atoms. The number of hydrogen-bond donors (Lipinski definition) is 3. The first-order valence-corrected chi connectivity index (χ1v) is 9.78. The predicted octanol–water partition coefficient (Wildman–Crippen LogP) is 2.42. The molecule has 1 atom stereocenters. The van der Waals surface area contributed by atoms with Crippen LogP contribution in [-0.2, 0) is 26.7 Å². The lowest BCUT2D eigenvalue weighted by atomic mass is 10.2. The minimum Gasteiger partial charge on any atom is -0.480 e. The fraction of sp³-hybridized carbons (Fsp3) is 0.250. The van der Waals surface area contributed by atoms with Crippen molar-refractivity contribution in [1.29, 1.82) is 0 Å². The number of carboxylic acid groups (broad SMARTS) is 1. The number of amides is 2. The smallest absolute Gasteiger partial charge is 0.408 e. The number of carbonyl (C=O) groups excluding carboxylic acids is 2. The van der Waals surface area contributed by atoms with Crippen LogP contribution in [-0.4, -0.2) is 41.4 Å². The largest absolute Gasteiger partial charge is 0.480 e. The monoisotopic (exact) mass is 402 g/mol. The summed E-state index contributed by atoms with van der Waals surface area (Å²) in [4.78, 5) is 35.0. The van der Waals surface area contributed by atoms with Gasteiger partial charge in [0.05, 0.1) is 0 Å². The van der Waals surface area contributed by atoms with Crippen LogP contribution >= 0.6 is 11.8 Å². The topological polar surface area (TPSA) is 105 Å². The molecule has 3 N–H and O–H groups in total. The second-order valence-corrected chi connectivity index (χ2v) is 6.90. The Morgan fingerprint density at radius 1 is 0.964 bits per heavy atom. The van der Waals surface area contributed by atoms with Gasteiger partial charge in [0.15, 0.2) is 0 Å².